The summed E-state index contributed by atoms with van der Waals surface area (Å²) in [4.78, 5) is 0. The van der Waals surface area contributed by atoms with Crippen LogP contribution in [0.25, 0.3) is 0 Å². The Morgan fingerprint density at radius 2 is 2.25 bits per heavy atom. The molecular weight excluding hydrogens is 181 g/mol. The second kappa shape index (κ2) is 3.85. The number of rotatable bonds is 2. The van der Waals surface area contributed by atoms with Gasteiger partial charge in [-0.2, -0.15) is 0 Å². The average Bonchev–Trinajstić information content (AvgIpc) is 2.08. The zero-order chi connectivity index (χ0) is 9.14. The van der Waals surface area contributed by atoms with Crippen molar-refractivity contribution in [2.45, 2.75) is 6.10 Å². The van der Waals surface area contributed by atoms with Crippen LogP contribution in [0, 0.1) is 5.82 Å². The Hall–Kier alpha value is -0.640. The van der Waals surface area contributed by atoms with Crippen molar-refractivity contribution in [1.29, 1.82) is 0 Å². The van der Waals surface area contributed by atoms with Crippen LogP contribution in [-0.4, -0.2) is 11.7 Å². The van der Waals surface area contributed by atoms with E-state index < -0.39 is 11.9 Å². The number of aliphatic hydroxyl groups excluding tert-OH is 1. The molecule has 0 unspecified atom stereocenters. The smallest absolute Gasteiger partial charge is 0.147 e. The van der Waals surface area contributed by atoms with Crippen LogP contribution in [0.5, 0.6) is 0 Å². The first-order valence-corrected chi connectivity index (χ1v) is 3.86. The van der Waals surface area contributed by atoms with Crippen molar-refractivity contribution >= 4 is 11.6 Å². The summed E-state index contributed by atoms with van der Waals surface area (Å²) >= 11 is 5.49. The third kappa shape index (κ3) is 1.75. The Balaban J connectivity index is 3.07. The number of benzene rings is 1. The van der Waals surface area contributed by atoms with Gasteiger partial charge >= 0.3 is 0 Å². The first-order valence-electron chi connectivity index (χ1n) is 3.49. The summed E-state index contributed by atoms with van der Waals surface area (Å²) < 4.78 is 13.1. The molecule has 0 saturated carbocycles. The first-order chi connectivity index (χ1) is 5.66. The number of aliphatic hydroxyl groups is 1. The largest absolute Gasteiger partial charge is 0.387 e. The molecule has 0 bridgehead atoms. The second-order valence-electron chi connectivity index (χ2n) is 2.39. The Bertz CT molecular complexity index is 280. The Labute approximate surface area is 74.8 Å². The molecule has 3 N–H and O–H groups in total. The highest BCUT2D eigenvalue weighted by Crippen LogP contribution is 2.22. The first kappa shape index (κ1) is 9.45. The fourth-order valence-electron chi connectivity index (χ4n) is 0.905. The van der Waals surface area contributed by atoms with Crippen molar-refractivity contribution in [3.8, 4) is 0 Å². The van der Waals surface area contributed by atoms with E-state index in [0.717, 1.165) is 0 Å². The minimum atomic E-state index is -0.983. The van der Waals surface area contributed by atoms with Gasteiger partial charge in [0.2, 0.25) is 0 Å². The molecule has 0 radical (unpaired) electrons. The SMILES string of the molecule is NC[C@H](O)c1cccc(Cl)c1F. The average molecular weight is 190 g/mol. The minimum Gasteiger partial charge on any atom is -0.387 e. The molecule has 0 saturated heterocycles. The van der Waals surface area contributed by atoms with Crippen LogP contribution in [0.1, 0.15) is 11.7 Å². The van der Waals surface area contributed by atoms with E-state index >= 15 is 0 Å². The van der Waals surface area contributed by atoms with Crippen LogP contribution < -0.4 is 5.73 Å². The van der Waals surface area contributed by atoms with Gasteiger partial charge in [-0.25, -0.2) is 4.39 Å². The van der Waals surface area contributed by atoms with E-state index in [9.17, 15) is 9.50 Å². The van der Waals surface area contributed by atoms with Crippen LogP contribution in [0.3, 0.4) is 0 Å². The maximum atomic E-state index is 13.1. The fraction of sp³-hybridized carbons (Fsp3) is 0.250. The van der Waals surface area contributed by atoms with E-state index in [0.29, 0.717) is 0 Å². The molecule has 1 atom stereocenters. The summed E-state index contributed by atoms with van der Waals surface area (Å²) in [6.07, 6.45) is -0.983. The lowest BCUT2D eigenvalue weighted by atomic mass is 10.1. The maximum Gasteiger partial charge on any atom is 0.147 e. The van der Waals surface area contributed by atoms with Crippen LogP contribution >= 0.6 is 11.6 Å². The summed E-state index contributed by atoms with van der Waals surface area (Å²) in [5, 5.41) is 9.21. The monoisotopic (exact) mass is 189 g/mol. The van der Waals surface area contributed by atoms with Gasteiger partial charge in [0.1, 0.15) is 5.82 Å². The lowest BCUT2D eigenvalue weighted by molar-refractivity contribution is 0.182. The Kier molecular flexibility index (Phi) is 3.03. The second-order valence-corrected chi connectivity index (χ2v) is 2.80. The molecule has 1 aromatic carbocycles. The number of halogens is 2. The lowest BCUT2D eigenvalue weighted by Crippen LogP contribution is -2.13. The standard InChI is InChI=1S/C8H9ClFNO/c9-6-3-1-2-5(8(6)10)7(12)4-11/h1-3,7,12H,4,11H2/t7-/m0/s1. The van der Waals surface area contributed by atoms with E-state index in [4.69, 9.17) is 17.3 Å². The maximum absolute atomic E-state index is 13.1. The molecule has 4 heteroatoms. The van der Waals surface area contributed by atoms with Gasteiger partial charge in [-0.15, -0.1) is 0 Å². The Morgan fingerprint density at radius 1 is 1.58 bits per heavy atom. The molecule has 12 heavy (non-hydrogen) atoms. The normalized spacial score (nSPS) is 13.0. The van der Waals surface area contributed by atoms with E-state index in [2.05, 4.69) is 0 Å². The summed E-state index contributed by atoms with van der Waals surface area (Å²) in [5.74, 6) is -0.600. The topological polar surface area (TPSA) is 46.2 Å². The molecule has 0 amide bonds. The van der Waals surface area contributed by atoms with Crippen molar-refractivity contribution in [1.82, 2.24) is 0 Å². The summed E-state index contributed by atoms with van der Waals surface area (Å²) in [7, 11) is 0. The van der Waals surface area contributed by atoms with Gasteiger partial charge in [0, 0.05) is 12.1 Å². The molecule has 1 rings (SSSR count). The van der Waals surface area contributed by atoms with Crippen LogP contribution in [0.15, 0.2) is 18.2 Å². The molecule has 66 valence electrons. The van der Waals surface area contributed by atoms with Crippen molar-refractivity contribution in [2.24, 2.45) is 5.73 Å². The molecule has 1 aromatic rings. The van der Waals surface area contributed by atoms with E-state index in [1.54, 1.807) is 6.07 Å². The quantitative estimate of drug-likeness (QED) is 0.740. The van der Waals surface area contributed by atoms with Gasteiger partial charge in [-0.05, 0) is 6.07 Å². The molecular formula is C8H9ClFNO. The van der Waals surface area contributed by atoms with Crippen molar-refractivity contribution in [2.75, 3.05) is 6.54 Å². The number of hydrogen-bond acceptors (Lipinski definition) is 2. The molecule has 0 aliphatic carbocycles. The molecule has 0 spiro atoms. The fourth-order valence-corrected chi connectivity index (χ4v) is 1.09. The van der Waals surface area contributed by atoms with E-state index in [-0.39, 0.29) is 17.1 Å². The van der Waals surface area contributed by atoms with Gasteiger partial charge in [-0.3, -0.25) is 0 Å². The van der Waals surface area contributed by atoms with Gasteiger partial charge in [-0.1, -0.05) is 23.7 Å². The molecule has 2 nitrogen and oxygen atoms in total. The molecule has 0 fully saturated rings. The van der Waals surface area contributed by atoms with Gasteiger partial charge in [0.15, 0.2) is 0 Å². The molecule has 0 aliphatic rings. The highest BCUT2D eigenvalue weighted by molar-refractivity contribution is 6.30. The predicted molar refractivity (Wildman–Crippen MR) is 45.4 cm³/mol. The minimum absolute atomic E-state index is 0.000000000000000222. The Morgan fingerprint density at radius 3 is 2.83 bits per heavy atom. The molecule has 0 aromatic heterocycles. The molecule has 0 heterocycles. The van der Waals surface area contributed by atoms with Crippen molar-refractivity contribution in [3.63, 3.8) is 0 Å². The van der Waals surface area contributed by atoms with Gasteiger partial charge in [0.25, 0.3) is 0 Å². The van der Waals surface area contributed by atoms with E-state index in [1.807, 2.05) is 0 Å². The number of hydrogen-bond donors (Lipinski definition) is 2. The van der Waals surface area contributed by atoms with Crippen LogP contribution in [0.4, 0.5) is 4.39 Å². The van der Waals surface area contributed by atoms with Gasteiger partial charge in [0.05, 0.1) is 11.1 Å². The van der Waals surface area contributed by atoms with Crippen molar-refractivity contribution in [3.05, 3.63) is 34.6 Å². The lowest BCUT2D eigenvalue weighted by Gasteiger charge is -2.09. The zero-order valence-electron chi connectivity index (χ0n) is 6.30. The summed E-state index contributed by atoms with van der Waals surface area (Å²) in [5.41, 5.74) is 5.31. The van der Waals surface area contributed by atoms with Crippen LogP contribution in [-0.2, 0) is 0 Å². The third-order valence-corrected chi connectivity index (χ3v) is 1.86. The molecule has 0 aliphatic heterocycles. The summed E-state index contributed by atoms with van der Waals surface area (Å²) in [6, 6.07) is 4.45. The zero-order valence-corrected chi connectivity index (χ0v) is 7.05. The highest BCUT2D eigenvalue weighted by atomic mass is 35.5. The van der Waals surface area contributed by atoms with Crippen LogP contribution in [0.2, 0.25) is 5.02 Å². The number of nitrogens with two attached hydrogens (primary N) is 1. The van der Waals surface area contributed by atoms with E-state index in [1.165, 1.54) is 12.1 Å². The predicted octanol–water partition coefficient (Wildman–Crippen LogP) is 1.47. The summed E-state index contributed by atoms with van der Waals surface area (Å²) in [6.45, 7) is -0.0166. The third-order valence-electron chi connectivity index (χ3n) is 1.56. The van der Waals surface area contributed by atoms with Crippen molar-refractivity contribution < 1.29 is 9.50 Å². The highest BCUT2D eigenvalue weighted by Gasteiger charge is 2.12. The van der Waals surface area contributed by atoms with Gasteiger partial charge < -0.3 is 10.8 Å².